The molecule has 0 saturated heterocycles. The van der Waals surface area contributed by atoms with E-state index in [0.717, 1.165) is 6.26 Å². The molecule has 0 aliphatic carbocycles. The van der Waals surface area contributed by atoms with Crippen molar-refractivity contribution in [1.29, 1.82) is 0 Å². The first-order valence-corrected chi connectivity index (χ1v) is 5.53. The van der Waals surface area contributed by atoms with Crippen LogP contribution < -0.4 is 0 Å². The van der Waals surface area contributed by atoms with Gasteiger partial charge in [-0.15, -0.1) is 0 Å². The van der Waals surface area contributed by atoms with Crippen molar-refractivity contribution in [2.75, 3.05) is 12.0 Å². The second-order valence-electron chi connectivity index (χ2n) is 2.75. The zero-order valence-corrected chi connectivity index (χ0v) is 7.50. The van der Waals surface area contributed by atoms with Crippen LogP contribution in [-0.2, 0) is 9.84 Å². The highest BCUT2D eigenvalue weighted by molar-refractivity contribution is 7.90. The predicted molar refractivity (Wildman–Crippen MR) is 45.5 cm³/mol. The number of aromatic amines is 1. The molecule has 0 aromatic carbocycles. The molecule has 0 aliphatic rings. The van der Waals surface area contributed by atoms with Gasteiger partial charge in [0.05, 0.1) is 11.9 Å². The summed E-state index contributed by atoms with van der Waals surface area (Å²) >= 11 is 0. The van der Waals surface area contributed by atoms with Gasteiger partial charge in [-0.3, -0.25) is 0 Å². The summed E-state index contributed by atoms with van der Waals surface area (Å²) in [5.41, 5.74) is 0.598. The van der Waals surface area contributed by atoms with Crippen LogP contribution in [0.4, 0.5) is 0 Å². The highest BCUT2D eigenvalue weighted by Gasteiger charge is 2.13. The van der Waals surface area contributed by atoms with Crippen LogP contribution in [0.25, 0.3) is 0 Å². The number of aliphatic hydroxyl groups is 1. The lowest BCUT2D eigenvalue weighted by Gasteiger charge is -2.05. The Morgan fingerprint density at radius 1 is 1.67 bits per heavy atom. The maximum Gasteiger partial charge on any atom is 0.150 e. The van der Waals surface area contributed by atoms with Gasteiger partial charge in [0, 0.05) is 18.6 Å². The maximum absolute atomic E-state index is 10.8. The molecule has 12 heavy (non-hydrogen) atoms. The number of hydrogen-bond donors (Lipinski definition) is 2. The van der Waals surface area contributed by atoms with E-state index in [9.17, 15) is 13.5 Å². The number of aliphatic hydroxyl groups excluding tert-OH is 1. The molecule has 1 atom stereocenters. The van der Waals surface area contributed by atoms with Crippen LogP contribution in [0.2, 0.25) is 0 Å². The number of nitrogens with one attached hydrogen (secondary N) is 1. The minimum atomic E-state index is -3.11. The molecule has 0 saturated carbocycles. The van der Waals surface area contributed by atoms with E-state index in [0.29, 0.717) is 5.56 Å². The molecule has 68 valence electrons. The van der Waals surface area contributed by atoms with E-state index >= 15 is 0 Å². The normalized spacial score (nSPS) is 14.5. The molecule has 1 unspecified atom stereocenters. The van der Waals surface area contributed by atoms with Crippen LogP contribution >= 0.6 is 0 Å². The van der Waals surface area contributed by atoms with Gasteiger partial charge < -0.3 is 10.1 Å². The summed E-state index contributed by atoms with van der Waals surface area (Å²) in [6, 6.07) is 1.65. The summed E-state index contributed by atoms with van der Waals surface area (Å²) in [5, 5.41) is 9.35. The molecule has 0 fully saturated rings. The number of H-pyrrole nitrogens is 1. The Hall–Kier alpha value is -0.810. The van der Waals surface area contributed by atoms with Crippen LogP contribution in [-0.4, -0.2) is 30.5 Å². The van der Waals surface area contributed by atoms with E-state index < -0.39 is 15.9 Å². The van der Waals surface area contributed by atoms with Crippen molar-refractivity contribution in [2.45, 2.75) is 6.10 Å². The van der Waals surface area contributed by atoms with Crippen molar-refractivity contribution in [2.24, 2.45) is 0 Å². The van der Waals surface area contributed by atoms with Crippen LogP contribution in [0.15, 0.2) is 18.5 Å². The third kappa shape index (κ3) is 2.67. The molecule has 1 aromatic rings. The first kappa shape index (κ1) is 9.28. The molecule has 2 N–H and O–H groups in total. The average molecular weight is 189 g/mol. The topological polar surface area (TPSA) is 70.2 Å². The Labute approximate surface area is 71.2 Å². The fourth-order valence-electron chi connectivity index (χ4n) is 0.927. The van der Waals surface area contributed by atoms with Gasteiger partial charge >= 0.3 is 0 Å². The molecule has 0 radical (unpaired) electrons. The third-order valence-electron chi connectivity index (χ3n) is 1.47. The van der Waals surface area contributed by atoms with Crippen molar-refractivity contribution in [1.82, 2.24) is 4.98 Å². The molecular weight excluding hydrogens is 178 g/mol. The molecule has 0 spiro atoms. The molecule has 0 bridgehead atoms. The second-order valence-corrected chi connectivity index (χ2v) is 4.94. The minimum absolute atomic E-state index is 0.231. The lowest BCUT2D eigenvalue weighted by atomic mass is 10.2. The minimum Gasteiger partial charge on any atom is -0.387 e. The highest BCUT2D eigenvalue weighted by Crippen LogP contribution is 2.12. The molecular formula is C7H11NO3S. The van der Waals surface area contributed by atoms with Gasteiger partial charge in [0.2, 0.25) is 0 Å². The molecule has 5 heteroatoms. The molecule has 1 rings (SSSR count). The SMILES string of the molecule is CS(=O)(=O)CC(O)c1cc[nH]c1. The summed E-state index contributed by atoms with van der Waals surface area (Å²) in [6.07, 6.45) is 3.39. The number of hydrogen-bond acceptors (Lipinski definition) is 3. The number of rotatable bonds is 3. The predicted octanol–water partition coefficient (Wildman–Crippen LogP) is 0.0927. The van der Waals surface area contributed by atoms with Crippen molar-refractivity contribution in [3.05, 3.63) is 24.0 Å². The largest absolute Gasteiger partial charge is 0.387 e. The zero-order chi connectivity index (χ0) is 9.19. The summed E-state index contributed by atoms with van der Waals surface area (Å²) in [6.45, 7) is 0. The molecule has 1 aromatic heterocycles. The van der Waals surface area contributed by atoms with Crippen molar-refractivity contribution >= 4 is 9.84 Å². The number of sulfone groups is 1. The highest BCUT2D eigenvalue weighted by atomic mass is 32.2. The Bertz CT molecular complexity index is 328. The summed E-state index contributed by atoms with van der Waals surface area (Å²) in [4.78, 5) is 2.74. The van der Waals surface area contributed by atoms with Crippen molar-refractivity contribution < 1.29 is 13.5 Å². The molecule has 0 amide bonds. The van der Waals surface area contributed by atoms with Gasteiger partial charge in [-0.1, -0.05) is 0 Å². The van der Waals surface area contributed by atoms with Crippen LogP contribution in [0, 0.1) is 0 Å². The lowest BCUT2D eigenvalue weighted by Crippen LogP contribution is -2.11. The van der Waals surface area contributed by atoms with Crippen LogP contribution in [0.3, 0.4) is 0 Å². The summed E-state index contributed by atoms with van der Waals surface area (Å²) in [7, 11) is -3.11. The maximum atomic E-state index is 10.8. The number of aromatic nitrogens is 1. The second kappa shape index (κ2) is 3.28. The average Bonchev–Trinajstić information content (AvgIpc) is 2.32. The zero-order valence-electron chi connectivity index (χ0n) is 6.69. The first-order valence-electron chi connectivity index (χ1n) is 3.47. The van der Waals surface area contributed by atoms with Crippen LogP contribution in [0.1, 0.15) is 11.7 Å². The quantitative estimate of drug-likeness (QED) is 0.708. The fourth-order valence-corrected chi connectivity index (χ4v) is 1.69. The fraction of sp³-hybridized carbons (Fsp3) is 0.429. The smallest absolute Gasteiger partial charge is 0.150 e. The molecule has 1 heterocycles. The lowest BCUT2D eigenvalue weighted by molar-refractivity contribution is 0.202. The summed E-state index contributed by atoms with van der Waals surface area (Å²) in [5.74, 6) is -0.231. The molecule has 4 nitrogen and oxygen atoms in total. The Balaban J connectivity index is 2.68. The summed E-state index contributed by atoms with van der Waals surface area (Å²) < 4.78 is 21.5. The third-order valence-corrected chi connectivity index (χ3v) is 2.39. The Kier molecular flexibility index (Phi) is 2.54. The van der Waals surface area contributed by atoms with E-state index in [1.54, 1.807) is 18.5 Å². The van der Waals surface area contributed by atoms with Crippen molar-refractivity contribution in [3.8, 4) is 0 Å². The molecule has 0 aliphatic heterocycles. The van der Waals surface area contributed by atoms with Gasteiger partial charge in [0.15, 0.2) is 0 Å². The van der Waals surface area contributed by atoms with E-state index in [4.69, 9.17) is 0 Å². The van der Waals surface area contributed by atoms with Gasteiger partial charge in [-0.05, 0) is 11.6 Å². The van der Waals surface area contributed by atoms with Crippen molar-refractivity contribution in [3.63, 3.8) is 0 Å². The van der Waals surface area contributed by atoms with E-state index in [1.807, 2.05) is 0 Å². The van der Waals surface area contributed by atoms with Gasteiger partial charge in [0.25, 0.3) is 0 Å². The van der Waals surface area contributed by atoms with E-state index in [-0.39, 0.29) is 5.75 Å². The first-order chi connectivity index (χ1) is 5.49. The Morgan fingerprint density at radius 3 is 2.75 bits per heavy atom. The van der Waals surface area contributed by atoms with E-state index in [2.05, 4.69) is 4.98 Å². The Morgan fingerprint density at radius 2 is 2.33 bits per heavy atom. The van der Waals surface area contributed by atoms with Gasteiger partial charge in [-0.2, -0.15) is 0 Å². The van der Waals surface area contributed by atoms with Crippen LogP contribution in [0.5, 0.6) is 0 Å². The monoisotopic (exact) mass is 189 g/mol. The van der Waals surface area contributed by atoms with Gasteiger partial charge in [-0.25, -0.2) is 8.42 Å². The van der Waals surface area contributed by atoms with Gasteiger partial charge in [0.1, 0.15) is 9.84 Å². The van der Waals surface area contributed by atoms with E-state index in [1.165, 1.54) is 0 Å². The standard InChI is InChI=1S/C7H11NO3S/c1-12(10,11)5-7(9)6-2-3-8-4-6/h2-4,7-9H,5H2,1H3.